The Morgan fingerprint density at radius 2 is 2.15 bits per heavy atom. The number of aromatic nitrogens is 6. The van der Waals surface area contributed by atoms with Gasteiger partial charge >= 0.3 is 0 Å². The van der Waals surface area contributed by atoms with Gasteiger partial charge in [0, 0.05) is 23.1 Å². The van der Waals surface area contributed by atoms with E-state index in [1.165, 1.54) is 0 Å². The molecule has 4 aromatic rings. The van der Waals surface area contributed by atoms with Crippen LogP contribution in [0.2, 0.25) is 0 Å². The van der Waals surface area contributed by atoms with E-state index in [9.17, 15) is 0 Å². The second kappa shape index (κ2) is 4.11. The minimum Gasteiger partial charge on any atom is -0.275 e. The van der Waals surface area contributed by atoms with Crippen molar-refractivity contribution in [1.82, 2.24) is 29.4 Å². The van der Waals surface area contributed by atoms with Crippen molar-refractivity contribution in [3.8, 4) is 11.4 Å². The smallest absolute Gasteiger partial charge is 0.185 e. The lowest BCUT2D eigenvalue weighted by Gasteiger charge is -1.99. The van der Waals surface area contributed by atoms with Gasteiger partial charge in [-0.1, -0.05) is 6.07 Å². The summed E-state index contributed by atoms with van der Waals surface area (Å²) < 4.78 is 4.37. The average Bonchev–Trinajstić information content (AvgIpc) is 3.04. The van der Waals surface area contributed by atoms with Crippen LogP contribution in [-0.2, 0) is 7.05 Å². The van der Waals surface area contributed by atoms with Crippen LogP contribution in [0.3, 0.4) is 0 Å². The number of fused-ring (bicyclic) bond motifs is 3. The molecule has 98 valence electrons. The third-order valence-electron chi connectivity index (χ3n) is 3.12. The first kappa shape index (κ1) is 11.5. The van der Waals surface area contributed by atoms with E-state index in [1.807, 2.05) is 31.4 Å². The van der Waals surface area contributed by atoms with E-state index >= 15 is 0 Å². The number of hydrogen-bond acceptors (Lipinski definition) is 4. The van der Waals surface area contributed by atoms with Crippen molar-refractivity contribution >= 4 is 32.5 Å². The highest BCUT2D eigenvalue weighted by Gasteiger charge is 2.12. The lowest BCUT2D eigenvalue weighted by molar-refractivity contribution is 0.768. The van der Waals surface area contributed by atoms with Gasteiger partial charge in [0.1, 0.15) is 6.33 Å². The summed E-state index contributed by atoms with van der Waals surface area (Å²) in [5.74, 6) is 0.646. The Morgan fingerprint density at radius 3 is 2.95 bits per heavy atom. The first-order chi connectivity index (χ1) is 9.72. The quantitative estimate of drug-likeness (QED) is 0.538. The van der Waals surface area contributed by atoms with Crippen LogP contribution < -0.4 is 0 Å². The third-order valence-corrected chi connectivity index (χ3v) is 3.76. The lowest BCUT2D eigenvalue weighted by Crippen LogP contribution is -1.91. The van der Waals surface area contributed by atoms with Gasteiger partial charge in [-0.3, -0.25) is 4.68 Å². The maximum atomic E-state index is 4.60. The van der Waals surface area contributed by atoms with Crippen molar-refractivity contribution in [2.24, 2.45) is 7.05 Å². The fraction of sp³-hybridized carbons (Fsp3) is 0.0769. The minimum absolute atomic E-state index is 0.646. The molecule has 0 aliphatic rings. The van der Waals surface area contributed by atoms with Crippen molar-refractivity contribution in [3.63, 3.8) is 0 Å². The monoisotopic (exact) mass is 328 g/mol. The predicted molar refractivity (Wildman–Crippen MR) is 78.2 cm³/mol. The minimum atomic E-state index is 0.646. The van der Waals surface area contributed by atoms with Crippen molar-refractivity contribution in [2.75, 3.05) is 0 Å². The molecule has 0 saturated carbocycles. The van der Waals surface area contributed by atoms with Crippen molar-refractivity contribution in [1.29, 1.82) is 0 Å². The first-order valence-corrected chi connectivity index (χ1v) is 6.80. The summed E-state index contributed by atoms with van der Waals surface area (Å²) in [6.45, 7) is 0. The Bertz CT molecular complexity index is 938. The Kier molecular flexibility index (Phi) is 2.37. The number of para-hydroxylation sites is 1. The van der Waals surface area contributed by atoms with Gasteiger partial charge in [-0.2, -0.15) is 5.10 Å². The van der Waals surface area contributed by atoms with Gasteiger partial charge in [0.25, 0.3) is 0 Å². The van der Waals surface area contributed by atoms with E-state index in [4.69, 9.17) is 0 Å². The summed E-state index contributed by atoms with van der Waals surface area (Å²) in [5, 5.41) is 9.56. The van der Waals surface area contributed by atoms with Crippen LogP contribution >= 0.6 is 15.9 Å². The van der Waals surface area contributed by atoms with Gasteiger partial charge in [-0.25, -0.2) is 14.5 Å². The van der Waals surface area contributed by atoms with E-state index in [0.29, 0.717) is 5.82 Å². The van der Waals surface area contributed by atoms with Gasteiger partial charge in [0.2, 0.25) is 0 Å². The highest BCUT2D eigenvalue weighted by molar-refractivity contribution is 9.10. The van der Waals surface area contributed by atoms with E-state index < -0.39 is 0 Å². The van der Waals surface area contributed by atoms with Crippen molar-refractivity contribution in [3.05, 3.63) is 41.4 Å². The molecule has 0 bridgehead atoms. The molecule has 1 aromatic carbocycles. The van der Waals surface area contributed by atoms with Crippen LogP contribution in [0.4, 0.5) is 0 Å². The molecule has 0 N–H and O–H groups in total. The summed E-state index contributed by atoms with van der Waals surface area (Å²) in [6, 6.07) is 5.92. The van der Waals surface area contributed by atoms with Crippen molar-refractivity contribution < 1.29 is 0 Å². The topological polar surface area (TPSA) is 60.9 Å². The molecule has 3 heterocycles. The Labute approximate surface area is 122 Å². The molecule has 0 amide bonds. The van der Waals surface area contributed by atoms with E-state index in [1.54, 1.807) is 21.7 Å². The van der Waals surface area contributed by atoms with E-state index in [-0.39, 0.29) is 0 Å². The summed E-state index contributed by atoms with van der Waals surface area (Å²) >= 11 is 3.50. The fourth-order valence-corrected chi connectivity index (χ4v) is 2.65. The Hall–Kier alpha value is -2.28. The zero-order valence-electron chi connectivity index (χ0n) is 10.5. The summed E-state index contributed by atoms with van der Waals surface area (Å²) in [4.78, 5) is 9.02. The SMILES string of the molecule is Cn1cc(-c2nc3c4cccc(Br)c4ncn3n2)cn1. The fourth-order valence-electron chi connectivity index (χ4n) is 2.19. The molecule has 0 aliphatic carbocycles. The Morgan fingerprint density at radius 1 is 1.25 bits per heavy atom. The number of aryl methyl sites for hydroxylation is 1. The third kappa shape index (κ3) is 1.63. The summed E-state index contributed by atoms with van der Waals surface area (Å²) in [5.41, 5.74) is 2.56. The second-order valence-corrected chi connectivity index (χ2v) is 5.34. The molecule has 0 atom stereocenters. The standard InChI is InChI=1S/C13H9BrN6/c1-19-6-8(5-16-19)12-17-13-9-3-2-4-10(14)11(9)15-7-20(13)18-12/h2-7H,1H3. The van der Waals surface area contributed by atoms with Gasteiger partial charge in [-0.15, -0.1) is 5.10 Å². The van der Waals surface area contributed by atoms with Crippen LogP contribution in [0, 0.1) is 0 Å². The van der Waals surface area contributed by atoms with E-state index in [2.05, 4.69) is 36.1 Å². The number of rotatable bonds is 1. The lowest BCUT2D eigenvalue weighted by atomic mass is 10.2. The average molecular weight is 329 g/mol. The maximum Gasteiger partial charge on any atom is 0.185 e. The molecule has 3 aromatic heterocycles. The largest absolute Gasteiger partial charge is 0.275 e. The number of halogens is 1. The molecule has 0 aliphatic heterocycles. The maximum absolute atomic E-state index is 4.60. The molecule has 4 rings (SSSR count). The zero-order valence-corrected chi connectivity index (χ0v) is 12.1. The van der Waals surface area contributed by atoms with Crippen molar-refractivity contribution in [2.45, 2.75) is 0 Å². The van der Waals surface area contributed by atoms with Gasteiger partial charge in [0.15, 0.2) is 11.5 Å². The normalized spacial score (nSPS) is 11.5. The molecule has 0 radical (unpaired) electrons. The number of hydrogen-bond donors (Lipinski definition) is 0. The van der Waals surface area contributed by atoms with Gasteiger partial charge in [-0.05, 0) is 28.1 Å². The van der Waals surface area contributed by atoms with E-state index in [0.717, 1.165) is 26.6 Å². The van der Waals surface area contributed by atoms with Crippen LogP contribution in [0.5, 0.6) is 0 Å². The van der Waals surface area contributed by atoms with Crippen LogP contribution in [-0.4, -0.2) is 29.4 Å². The van der Waals surface area contributed by atoms with Crippen LogP contribution in [0.15, 0.2) is 41.4 Å². The number of nitrogens with zero attached hydrogens (tertiary/aromatic N) is 6. The number of benzene rings is 1. The molecule has 0 fully saturated rings. The van der Waals surface area contributed by atoms with Crippen LogP contribution in [0.1, 0.15) is 0 Å². The molecule has 0 spiro atoms. The van der Waals surface area contributed by atoms with Gasteiger partial charge < -0.3 is 0 Å². The zero-order chi connectivity index (χ0) is 13.7. The summed E-state index contributed by atoms with van der Waals surface area (Å²) in [7, 11) is 1.87. The van der Waals surface area contributed by atoms with Gasteiger partial charge in [0.05, 0.1) is 17.3 Å². The highest BCUT2D eigenvalue weighted by Crippen LogP contribution is 2.25. The molecule has 0 saturated heterocycles. The first-order valence-electron chi connectivity index (χ1n) is 6.01. The molecule has 0 unspecified atom stereocenters. The summed E-state index contributed by atoms with van der Waals surface area (Å²) in [6.07, 6.45) is 5.32. The molecule has 20 heavy (non-hydrogen) atoms. The predicted octanol–water partition coefficient (Wildman–Crippen LogP) is 2.44. The Balaban J connectivity index is 2.04. The molecular formula is C13H9BrN6. The van der Waals surface area contributed by atoms with Crippen LogP contribution in [0.25, 0.3) is 27.9 Å². The molecule has 6 nitrogen and oxygen atoms in total. The highest BCUT2D eigenvalue weighted by atomic mass is 79.9. The second-order valence-electron chi connectivity index (χ2n) is 4.49. The molecular weight excluding hydrogens is 320 g/mol. The molecule has 7 heteroatoms.